The Balaban J connectivity index is 1.58. The van der Waals surface area contributed by atoms with Crippen molar-refractivity contribution in [2.45, 2.75) is 13.3 Å². The number of halogens is 1. The van der Waals surface area contributed by atoms with Gasteiger partial charge >= 0.3 is 0 Å². The number of carbonyl (C=O) groups is 2. The molecule has 0 fully saturated rings. The summed E-state index contributed by atoms with van der Waals surface area (Å²) >= 11 is 5.94. The molecule has 1 aromatic carbocycles. The molecule has 0 saturated heterocycles. The van der Waals surface area contributed by atoms with Gasteiger partial charge in [0.25, 0.3) is 11.8 Å². The molecule has 27 heavy (non-hydrogen) atoms. The van der Waals surface area contributed by atoms with Crippen LogP contribution in [0.1, 0.15) is 32.0 Å². The normalized spacial score (nSPS) is 10.4. The molecule has 138 valence electrons. The van der Waals surface area contributed by atoms with E-state index in [1.807, 2.05) is 18.2 Å². The van der Waals surface area contributed by atoms with E-state index in [-0.39, 0.29) is 11.5 Å². The van der Waals surface area contributed by atoms with Gasteiger partial charge in [0.1, 0.15) is 5.76 Å². The number of hydrogen-bond acceptors (Lipinski definition) is 5. The number of pyridine rings is 1. The molecular formula is C19H17ClN4O3. The van der Waals surface area contributed by atoms with Gasteiger partial charge in [-0.3, -0.25) is 14.6 Å². The Bertz CT molecular complexity index is 971. The highest BCUT2D eigenvalue weighted by Gasteiger charge is 2.13. The van der Waals surface area contributed by atoms with E-state index in [1.54, 1.807) is 19.1 Å². The Kier molecular flexibility index (Phi) is 5.83. The number of nitrogens with one attached hydrogen (secondary N) is 2. The molecular weight excluding hydrogens is 368 g/mol. The number of carbonyl (C=O) groups excluding carboxylic acids is 2. The predicted octanol–water partition coefficient (Wildman–Crippen LogP) is 3.26. The van der Waals surface area contributed by atoms with Gasteiger partial charge in [0.15, 0.2) is 5.82 Å². The molecule has 0 unspecified atom stereocenters. The minimum Gasteiger partial charge on any atom is -0.360 e. The van der Waals surface area contributed by atoms with Crippen LogP contribution in [0.2, 0.25) is 5.02 Å². The van der Waals surface area contributed by atoms with Gasteiger partial charge in [0.2, 0.25) is 0 Å². The zero-order valence-electron chi connectivity index (χ0n) is 14.5. The fourth-order valence-corrected chi connectivity index (χ4v) is 2.63. The van der Waals surface area contributed by atoms with Crippen LogP contribution < -0.4 is 10.6 Å². The van der Waals surface area contributed by atoms with Crippen molar-refractivity contribution in [3.05, 3.63) is 76.3 Å². The van der Waals surface area contributed by atoms with Crippen LogP contribution in [0.4, 0.5) is 5.82 Å². The Morgan fingerprint density at radius 3 is 2.59 bits per heavy atom. The first kappa shape index (κ1) is 18.6. The summed E-state index contributed by atoms with van der Waals surface area (Å²) in [6.07, 6.45) is 3.43. The predicted molar refractivity (Wildman–Crippen MR) is 101 cm³/mol. The number of amides is 2. The van der Waals surface area contributed by atoms with Gasteiger partial charge in [-0.2, -0.15) is 0 Å². The lowest BCUT2D eigenvalue weighted by Crippen LogP contribution is -2.26. The standard InChI is InChI=1S/C19H17ClN4O3/c1-12-7-17(24-27-12)23-19(26)15-9-14(10-21-11-15)18(25)22-6-5-13-3-2-4-16(20)8-13/h2-4,7-11H,5-6H2,1H3,(H,22,25)(H,23,24,26). The Morgan fingerprint density at radius 2 is 1.89 bits per heavy atom. The number of aryl methyl sites for hydroxylation is 1. The molecule has 0 aliphatic heterocycles. The van der Waals surface area contributed by atoms with E-state index in [0.717, 1.165) is 5.56 Å². The van der Waals surface area contributed by atoms with Gasteiger partial charge in [-0.1, -0.05) is 28.9 Å². The van der Waals surface area contributed by atoms with Crippen molar-refractivity contribution in [3.63, 3.8) is 0 Å². The smallest absolute Gasteiger partial charge is 0.258 e. The van der Waals surface area contributed by atoms with Crippen molar-refractivity contribution in [2.24, 2.45) is 0 Å². The zero-order chi connectivity index (χ0) is 19.2. The third-order valence-electron chi connectivity index (χ3n) is 3.72. The molecule has 8 heteroatoms. The lowest BCUT2D eigenvalue weighted by Gasteiger charge is -2.07. The number of anilines is 1. The van der Waals surface area contributed by atoms with Gasteiger partial charge < -0.3 is 15.2 Å². The third-order valence-corrected chi connectivity index (χ3v) is 3.96. The van der Waals surface area contributed by atoms with Crippen LogP contribution >= 0.6 is 11.6 Å². The second-order valence-electron chi connectivity index (χ2n) is 5.88. The van der Waals surface area contributed by atoms with E-state index in [4.69, 9.17) is 16.1 Å². The van der Waals surface area contributed by atoms with Gasteiger partial charge in [0.05, 0.1) is 11.1 Å². The average molecular weight is 385 g/mol. The molecule has 3 rings (SSSR count). The molecule has 0 bridgehead atoms. The summed E-state index contributed by atoms with van der Waals surface area (Å²) in [5.74, 6) is 0.144. The summed E-state index contributed by atoms with van der Waals surface area (Å²) < 4.78 is 4.90. The molecule has 2 heterocycles. The first-order chi connectivity index (χ1) is 13.0. The van der Waals surface area contributed by atoms with E-state index in [2.05, 4.69) is 20.8 Å². The highest BCUT2D eigenvalue weighted by molar-refractivity contribution is 6.30. The second kappa shape index (κ2) is 8.46. The molecule has 2 N–H and O–H groups in total. The van der Waals surface area contributed by atoms with Crippen molar-refractivity contribution < 1.29 is 14.1 Å². The number of rotatable bonds is 6. The van der Waals surface area contributed by atoms with E-state index in [0.29, 0.717) is 35.1 Å². The number of nitrogens with zero attached hydrogens (tertiary/aromatic N) is 2. The summed E-state index contributed by atoms with van der Waals surface area (Å²) in [4.78, 5) is 28.5. The topological polar surface area (TPSA) is 97.1 Å². The molecule has 3 aromatic rings. The summed E-state index contributed by atoms with van der Waals surface area (Å²) in [6.45, 7) is 2.16. The minimum atomic E-state index is -0.427. The summed E-state index contributed by atoms with van der Waals surface area (Å²) in [7, 11) is 0. The van der Waals surface area contributed by atoms with Crippen LogP contribution in [-0.2, 0) is 6.42 Å². The summed E-state index contributed by atoms with van der Waals surface area (Å²) in [5.41, 5.74) is 1.57. The molecule has 2 aromatic heterocycles. The van der Waals surface area contributed by atoms with E-state index >= 15 is 0 Å². The van der Waals surface area contributed by atoms with Gasteiger partial charge in [-0.15, -0.1) is 0 Å². The third kappa shape index (κ3) is 5.15. The van der Waals surface area contributed by atoms with Crippen LogP contribution in [-0.4, -0.2) is 28.5 Å². The lowest BCUT2D eigenvalue weighted by molar-refractivity contribution is 0.0953. The van der Waals surface area contributed by atoms with Gasteiger partial charge in [-0.25, -0.2) is 0 Å². The number of benzene rings is 1. The van der Waals surface area contributed by atoms with Gasteiger partial charge in [0, 0.05) is 30.0 Å². The van der Waals surface area contributed by atoms with Crippen LogP contribution in [0.15, 0.2) is 53.3 Å². The highest BCUT2D eigenvalue weighted by atomic mass is 35.5. The molecule has 7 nitrogen and oxygen atoms in total. The van der Waals surface area contributed by atoms with Crippen molar-refractivity contribution in [2.75, 3.05) is 11.9 Å². The Labute approximate surface area is 160 Å². The maximum atomic E-state index is 12.3. The zero-order valence-corrected chi connectivity index (χ0v) is 15.3. The van der Waals surface area contributed by atoms with Crippen molar-refractivity contribution >= 4 is 29.2 Å². The molecule has 0 saturated carbocycles. The van der Waals surface area contributed by atoms with Crippen LogP contribution in [0.5, 0.6) is 0 Å². The quantitative estimate of drug-likeness (QED) is 0.679. The number of hydrogen-bond donors (Lipinski definition) is 2. The SMILES string of the molecule is Cc1cc(NC(=O)c2cncc(C(=O)NCCc3cccc(Cl)c3)c2)no1. The lowest BCUT2D eigenvalue weighted by atomic mass is 10.1. The molecule has 2 amide bonds. The molecule has 0 aliphatic rings. The average Bonchev–Trinajstić information content (AvgIpc) is 3.06. The van der Waals surface area contributed by atoms with E-state index in [9.17, 15) is 9.59 Å². The van der Waals surface area contributed by atoms with Gasteiger partial charge in [-0.05, 0) is 37.1 Å². The molecule has 0 radical (unpaired) electrons. The molecule has 0 atom stereocenters. The Morgan fingerprint density at radius 1 is 1.11 bits per heavy atom. The second-order valence-corrected chi connectivity index (χ2v) is 6.31. The maximum absolute atomic E-state index is 12.3. The number of aromatic nitrogens is 2. The fourth-order valence-electron chi connectivity index (χ4n) is 2.42. The van der Waals surface area contributed by atoms with Crippen molar-refractivity contribution in [1.29, 1.82) is 0 Å². The van der Waals surface area contributed by atoms with Crippen LogP contribution in [0.3, 0.4) is 0 Å². The highest BCUT2D eigenvalue weighted by Crippen LogP contribution is 2.12. The summed E-state index contributed by atoms with van der Waals surface area (Å²) in [6, 6.07) is 10.5. The molecule has 0 spiro atoms. The van der Waals surface area contributed by atoms with Crippen molar-refractivity contribution in [1.82, 2.24) is 15.5 Å². The van der Waals surface area contributed by atoms with Crippen molar-refractivity contribution in [3.8, 4) is 0 Å². The first-order valence-electron chi connectivity index (χ1n) is 8.23. The monoisotopic (exact) mass is 384 g/mol. The first-order valence-corrected chi connectivity index (χ1v) is 8.61. The Hall–Kier alpha value is -3.19. The maximum Gasteiger partial charge on any atom is 0.258 e. The summed E-state index contributed by atoms with van der Waals surface area (Å²) in [5, 5.41) is 9.75. The van der Waals surface area contributed by atoms with E-state index < -0.39 is 5.91 Å². The molecule has 0 aliphatic carbocycles. The fraction of sp³-hybridized carbons (Fsp3) is 0.158. The van der Waals surface area contributed by atoms with E-state index in [1.165, 1.54) is 18.5 Å². The van der Waals surface area contributed by atoms with Crippen LogP contribution in [0, 0.1) is 6.92 Å². The van der Waals surface area contributed by atoms with Crippen LogP contribution in [0.25, 0.3) is 0 Å². The minimum absolute atomic E-state index is 0.248. The largest absolute Gasteiger partial charge is 0.360 e.